The molecule has 1 amide bonds. The highest BCUT2D eigenvalue weighted by atomic mass is 19.1. The van der Waals surface area contributed by atoms with E-state index in [9.17, 15) is 13.6 Å². The molecule has 0 bridgehead atoms. The van der Waals surface area contributed by atoms with E-state index in [1.54, 1.807) is 0 Å². The number of rotatable bonds is 5. The summed E-state index contributed by atoms with van der Waals surface area (Å²) < 4.78 is 26.8. The Kier molecular flexibility index (Phi) is 5.96. The lowest BCUT2D eigenvalue weighted by Crippen LogP contribution is -3.28. The molecule has 0 radical (unpaired) electrons. The van der Waals surface area contributed by atoms with Gasteiger partial charge >= 0.3 is 0 Å². The summed E-state index contributed by atoms with van der Waals surface area (Å²) in [6.07, 6.45) is 0. The molecule has 0 aliphatic carbocycles. The summed E-state index contributed by atoms with van der Waals surface area (Å²) in [4.78, 5) is 14.8. The molecule has 0 atom stereocenters. The van der Waals surface area contributed by atoms with E-state index < -0.39 is 11.6 Å². The van der Waals surface area contributed by atoms with Crippen LogP contribution < -0.4 is 15.1 Å². The third kappa shape index (κ3) is 4.86. The summed E-state index contributed by atoms with van der Waals surface area (Å²) in [7, 11) is 0. The predicted molar refractivity (Wildman–Crippen MR) is 96.1 cm³/mol. The molecule has 0 unspecified atom stereocenters. The molecule has 0 spiro atoms. The Balaban J connectivity index is 1.47. The molecule has 4 nitrogen and oxygen atoms in total. The second-order valence-electron chi connectivity index (χ2n) is 6.95. The van der Waals surface area contributed by atoms with Crippen molar-refractivity contribution in [2.24, 2.45) is 0 Å². The Morgan fingerprint density at radius 2 is 1.73 bits per heavy atom. The van der Waals surface area contributed by atoms with Gasteiger partial charge in [-0.2, -0.15) is 0 Å². The SMILES string of the molecule is Cc1ccccc1C[NH+]1CC[NH+](CC(=O)Nc2cc(F)ccc2F)CC1. The van der Waals surface area contributed by atoms with Crippen LogP contribution in [0, 0.1) is 18.6 Å². The molecule has 0 saturated carbocycles. The first-order chi connectivity index (χ1) is 12.5. The Labute approximate surface area is 152 Å². The van der Waals surface area contributed by atoms with Crippen molar-refractivity contribution >= 4 is 11.6 Å². The topological polar surface area (TPSA) is 38.0 Å². The van der Waals surface area contributed by atoms with Crippen LogP contribution in [0.25, 0.3) is 0 Å². The molecule has 6 heteroatoms. The lowest BCUT2D eigenvalue weighted by atomic mass is 10.1. The molecular weight excluding hydrogens is 336 g/mol. The average molecular weight is 361 g/mol. The number of hydrogen-bond donors (Lipinski definition) is 3. The lowest BCUT2D eigenvalue weighted by Gasteiger charge is -2.29. The molecule has 1 aliphatic rings. The number of amides is 1. The van der Waals surface area contributed by atoms with E-state index in [0.29, 0.717) is 0 Å². The van der Waals surface area contributed by atoms with Crippen LogP contribution in [0.15, 0.2) is 42.5 Å². The van der Waals surface area contributed by atoms with Gasteiger partial charge in [0.05, 0.1) is 5.69 Å². The Morgan fingerprint density at radius 3 is 2.46 bits per heavy atom. The highest BCUT2D eigenvalue weighted by Gasteiger charge is 2.25. The van der Waals surface area contributed by atoms with Gasteiger partial charge in [0.25, 0.3) is 5.91 Å². The number of halogens is 2. The standard InChI is InChI=1S/C20H23F2N3O/c1-15-4-2-3-5-16(15)13-24-8-10-25(11-9-24)14-20(26)23-19-12-17(21)6-7-18(19)22/h2-7,12H,8-11,13-14H2,1H3,(H,23,26)/p+2. The van der Waals surface area contributed by atoms with Gasteiger partial charge in [-0.1, -0.05) is 24.3 Å². The van der Waals surface area contributed by atoms with E-state index >= 15 is 0 Å². The van der Waals surface area contributed by atoms with Gasteiger partial charge in [-0.25, -0.2) is 8.78 Å². The van der Waals surface area contributed by atoms with Crippen LogP contribution in [0.3, 0.4) is 0 Å². The van der Waals surface area contributed by atoms with Crippen molar-refractivity contribution in [3.63, 3.8) is 0 Å². The molecule has 1 aliphatic heterocycles. The number of piperazine rings is 1. The van der Waals surface area contributed by atoms with E-state index in [4.69, 9.17) is 0 Å². The van der Waals surface area contributed by atoms with Crippen molar-refractivity contribution in [3.05, 3.63) is 65.2 Å². The molecular formula is C20H25F2N3O+2. The number of benzene rings is 2. The third-order valence-electron chi connectivity index (χ3n) is 4.98. The van der Waals surface area contributed by atoms with E-state index in [-0.39, 0.29) is 18.1 Å². The Bertz CT molecular complexity index is 773. The summed E-state index contributed by atoms with van der Waals surface area (Å²) in [5.74, 6) is -1.48. The highest BCUT2D eigenvalue weighted by Crippen LogP contribution is 2.14. The highest BCUT2D eigenvalue weighted by molar-refractivity contribution is 5.91. The zero-order valence-electron chi connectivity index (χ0n) is 14.9. The summed E-state index contributed by atoms with van der Waals surface area (Å²) in [6, 6.07) is 11.5. The molecule has 3 rings (SSSR count). The molecule has 2 aromatic rings. The molecule has 1 heterocycles. The molecule has 3 N–H and O–H groups in total. The number of nitrogens with one attached hydrogen (secondary N) is 3. The van der Waals surface area contributed by atoms with E-state index in [0.717, 1.165) is 50.9 Å². The molecule has 138 valence electrons. The van der Waals surface area contributed by atoms with E-state index in [1.807, 2.05) is 0 Å². The first-order valence-electron chi connectivity index (χ1n) is 8.98. The van der Waals surface area contributed by atoms with Gasteiger partial charge < -0.3 is 15.1 Å². The first kappa shape index (κ1) is 18.5. The monoisotopic (exact) mass is 361 g/mol. The number of hydrogen-bond acceptors (Lipinski definition) is 1. The number of anilines is 1. The van der Waals surface area contributed by atoms with Crippen LogP contribution in [-0.2, 0) is 11.3 Å². The van der Waals surface area contributed by atoms with Crippen LogP contribution in [0.2, 0.25) is 0 Å². The Hall–Kier alpha value is -2.31. The van der Waals surface area contributed by atoms with Crippen molar-refractivity contribution in [1.82, 2.24) is 0 Å². The van der Waals surface area contributed by atoms with Gasteiger partial charge in [0, 0.05) is 11.6 Å². The Morgan fingerprint density at radius 1 is 1.04 bits per heavy atom. The summed E-state index contributed by atoms with van der Waals surface area (Å²) in [6.45, 7) is 7.16. The van der Waals surface area contributed by atoms with Gasteiger partial charge in [0.1, 0.15) is 44.4 Å². The molecule has 1 fully saturated rings. The van der Waals surface area contributed by atoms with Gasteiger partial charge in [-0.3, -0.25) is 4.79 Å². The fraction of sp³-hybridized carbons (Fsp3) is 0.350. The molecule has 0 aromatic heterocycles. The molecule has 26 heavy (non-hydrogen) atoms. The number of quaternary nitrogens is 2. The second-order valence-corrected chi connectivity index (χ2v) is 6.95. The normalized spacial score (nSPS) is 20.0. The van der Waals surface area contributed by atoms with Crippen LogP contribution >= 0.6 is 0 Å². The van der Waals surface area contributed by atoms with Crippen LogP contribution in [0.4, 0.5) is 14.5 Å². The summed E-state index contributed by atoms with van der Waals surface area (Å²) in [5, 5.41) is 2.48. The predicted octanol–water partition coefficient (Wildman–Crippen LogP) is 0.195. The summed E-state index contributed by atoms with van der Waals surface area (Å²) >= 11 is 0. The zero-order chi connectivity index (χ0) is 18.5. The fourth-order valence-electron chi connectivity index (χ4n) is 3.40. The molecule has 1 saturated heterocycles. The third-order valence-corrected chi connectivity index (χ3v) is 4.98. The van der Waals surface area contributed by atoms with Gasteiger partial charge in [0.15, 0.2) is 6.54 Å². The van der Waals surface area contributed by atoms with Gasteiger partial charge in [0.2, 0.25) is 0 Å². The fourth-order valence-corrected chi connectivity index (χ4v) is 3.40. The van der Waals surface area contributed by atoms with Crippen LogP contribution in [0.5, 0.6) is 0 Å². The maximum absolute atomic E-state index is 13.6. The van der Waals surface area contributed by atoms with Crippen molar-refractivity contribution in [1.29, 1.82) is 0 Å². The maximum Gasteiger partial charge on any atom is 0.279 e. The second kappa shape index (κ2) is 8.38. The van der Waals surface area contributed by atoms with Gasteiger partial charge in [-0.15, -0.1) is 0 Å². The van der Waals surface area contributed by atoms with Gasteiger partial charge in [-0.05, 0) is 24.6 Å². The first-order valence-corrected chi connectivity index (χ1v) is 8.98. The largest absolute Gasteiger partial charge is 0.322 e. The number of aryl methyl sites for hydroxylation is 1. The minimum Gasteiger partial charge on any atom is -0.322 e. The molecule has 2 aromatic carbocycles. The average Bonchev–Trinajstić information content (AvgIpc) is 2.62. The maximum atomic E-state index is 13.6. The van der Waals surface area contributed by atoms with E-state index in [1.165, 1.54) is 20.9 Å². The quantitative estimate of drug-likeness (QED) is 0.699. The number of carbonyl (C=O) groups excluding carboxylic acids is 1. The minimum atomic E-state index is -0.623. The zero-order valence-corrected chi connectivity index (χ0v) is 14.9. The minimum absolute atomic E-state index is 0.0989. The van der Waals surface area contributed by atoms with Crippen molar-refractivity contribution in [2.75, 3.05) is 38.0 Å². The van der Waals surface area contributed by atoms with E-state index in [2.05, 4.69) is 36.5 Å². The van der Waals surface area contributed by atoms with Crippen molar-refractivity contribution in [2.45, 2.75) is 13.5 Å². The number of carbonyl (C=O) groups is 1. The van der Waals surface area contributed by atoms with Crippen LogP contribution in [-0.4, -0.2) is 38.6 Å². The van der Waals surface area contributed by atoms with Crippen LogP contribution in [0.1, 0.15) is 11.1 Å². The van der Waals surface area contributed by atoms with Crippen molar-refractivity contribution in [3.8, 4) is 0 Å². The lowest BCUT2D eigenvalue weighted by molar-refractivity contribution is -1.02. The van der Waals surface area contributed by atoms with Crippen molar-refractivity contribution < 1.29 is 23.4 Å². The summed E-state index contributed by atoms with van der Waals surface area (Å²) in [5.41, 5.74) is 2.58. The smallest absolute Gasteiger partial charge is 0.279 e.